The number of nitrogens with one attached hydrogen (secondary N) is 1. The van der Waals surface area contributed by atoms with E-state index >= 15 is 0 Å². The molecular weight excluding hydrogens is 283 g/mol. The number of benzene rings is 1. The van der Waals surface area contributed by atoms with Gasteiger partial charge in [0.25, 0.3) is 0 Å². The Morgan fingerprint density at radius 2 is 2.18 bits per heavy atom. The zero-order valence-corrected chi connectivity index (χ0v) is 12.9. The predicted octanol–water partition coefficient (Wildman–Crippen LogP) is 2.79. The van der Waals surface area contributed by atoms with Crippen molar-refractivity contribution in [2.45, 2.75) is 26.2 Å². The molecule has 0 saturated carbocycles. The largest absolute Gasteiger partial charge is 0.493 e. The quantitative estimate of drug-likeness (QED) is 0.891. The van der Waals surface area contributed by atoms with Crippen molar-refractivity contribution in [3.8, 4) is 5.75 Å². The normalized spacial score (nSPS) is 17.2. The molecule has 1 aliphatic rings. The lowest BCUT2D eigenvalue weighted by Crippen LogP contribution is -2.35. The Hall–Kier alpha value is -1.82. The summed E-state index contributed by atoms with van der Waals surface area (Å²) in [5, 5.41) is 6.88. The smallest absolute Gasteiger partial charge is 0.156 e. The minimum Gasteiger partial charge on any atom is -0.493 e. The number of ether oxygens (including phenoxy) is 1. The minimum absolute atomic E-state index is 0.183. The molecule has 0 bridgehead atoms. The molecule has 2 aromatic rings. The fraction of sp³-hybridized carbons (Fsp3) is 0.562. The number of hydrogen-bond donors (Lipinski definition) is 2. The predicted molar refractivity (Wildman–Crippen MR) is 85.4 cm³/mol. The second-order valence-electron chi connectivity index (χ2n) is 6.03. The second-order valence-corrected chi connectivity index (χ2v) is 6.03. The molecule has 6 heteroatoms. The fourth-order valence-corrected chi connectivity index (χ4v) is 3.10. The Labute approximate surface area is 129 Å². The summed E-state index contributed by atoms with van der Waals surface area (Å²) in [5.74, 6) is 0.863. The van der Waals surface area contributed by atoms with Crippen molar-refractivity contribution in [1.82, 2.24) is 15.1 Å². The van der Waals surface area contributed by atoms with Crippen LogP contribution in [0, 0.1) is 11.7 Å². The molecule has 22 heavy (non-hydrogen) atoms. The zero-order chi connectivity index (χ0) is 15.5. The SMILES string of the molecule is CCCN1CCC(COc2cc(F)c3c(N)n[nH]c3c2)CC1. The molecule has 0 amide bonds. The molecular formula is C16H23FN4O. The molecule has 1 fully saturated rings. The van der Waals surface area contributed by atoms with E-state index < -0.39 is 5.82 Å². The lowest BCUT2D eigenvalue weighted by Gasteiger charge is -2.31. The third-order valence-corrected chi connectivity index (χ3v) is 4.35. The number of fused-ring (bicyclic) bond motifs is 1. The number of aromatic amines is 1. The highest BCUT2D eigenvalue weighted by atomic mass is 19.1. The summed E-state index contributed by atoms with van der Waals surface area (Å²) in [4.78, 5) is 2.50. The van der Waals surface area contributed by atoms with Crippen LogP contribution in [0.25, 0.3) is 10.9 Å². The molecule has 0 aliphatic carbocycles. The van der Waals surface area contributed by atoms with E-state index in [1.54, 1.807) is 6.07 Å². The van der Waals surface area contributed by atoms with Crippen molar-refractivity contribution in [3.05, 3.63) is 17.9 Å². The Balaban J connectivity index is 1.58. The van der Waals surface area contributed by atoms with Crippen LogP contribution >= 0.6 is 0 Å². The first-order valence-corrected chi connectivity index (χ1v) is 7.95. The first-order valence-electron chi connectivity index (χ1n) is 7.95. The number of rotatable bonds is 5. The first kappa shape index (κ1) is 15.1. The van der Waals surface area contributed by atoms with Crippen molar-refractivity contribution in [2.75, 3.05) is 32.0 Å². The standard InChI is InChI=1S/C16H23FN4O/c1-2-5-21-6-3-11(4-7-21)10-22-12-8-13(17)15-14(9-12)19-20-16(15)18/h8-9,11H,2-7,10H2,1H3,(H3,18,19,20). The maximum Gasteiger partial charge on any atom is 0.156 e. The monoisotopic (exact) mass is 306 g/mol. The average Bonchev–Trinajstić information content (AvgIpc) is 2.89. The van der Waals surface area contributed by atoms with E-state index in [4.69, 9.17) is 10.5 Å². The van der Waals surface area contributed by atoms with Gasteiger partial charge in [-0.25, -0.2) is 4.39 Å². The van der Waals surface area contributed by atoms with E-state index in [1.807, 2.05) is 0 Å². The van der Waals surface area contributed by atoms with Crippen LogP contribution < -0.4 is 10.5 Å². The van der Waals surface area contributed by atoms with E-state index in [2.05, 4.69) is 22.0 Å². The van der Waals surface area contributed by atoms with Crippen LogP contribution in [0.15, 0.2) is 12.1 Å². The Morgan fingerprint density at radius 1 is 1.41 bits per heavy atom. The van der Waals surface area contributed by atoms with Gasteiger partial charge in [-0.1, -0.05) is 6.92 Å². The highest BCUT2D eigenvalue weighted by Gasteiger charge is 2.19. The van der Waals surface area contributed by atoms with Crippen LogP contribution in [0.5, 0.6) is 5.75 Å². The van der Waals surface area contributed by atoms with E-state index in [0.29, 0.717) is 29.2 Å². The van der Waals surface area contributed by atoms with Crippen LogP contribution in [-0.2, 0) is 0 Å². The second kappa shape index (κ2) is 6.52. The van der Waals surface area contributed by atoms with Gasteiger partial charge in [-0.3, -0.25) is 5.10 Å². The summed E-state index contributed by atoms with van der Waals surface area (Å²) in [6.45, 7) is 6.28. The molecule has 120 valence electrons. The van der Waals surface area contributed by atoms with E-state index in [9.17, 15) is 4.39 Å². The molecule has 1 aromatic heterocycles. The van der Waals surface area contributed by atoms with Crippen LogP contribution in [0.3, 0.4) is 0 Å². The van der Waals surface area contributed by atoms with Gasteiger partial charge < -0.3 is 15.4 Å². The Morgan fingerprint density at radius 3 is 2.91 bits per heavy atom. The summed E-state index contributed by atoms with van der Waals surface area (Å²) in [6.07, 6.45) is 3.48. The van der Waals surface area contributed by atoms with Crippen molar-refractivity contribution >= 4 is 16.7 Å². The molecule has 3 rings (SSSR count). The van der Waals surface area contributed by atoms with Gasteiger partial charge in [0.2, 0.25) is 0 Å². The molecule has 1 saturated heterocycles. The molecule has 1 aliphatic heterocycles. The number of hydrogen-bond acceptors (Lipinski definition) is 4. The molecule has 0 atom stereocenters. The van der Waals surface area contributed by atoms with Crippen molar-refractivity contribution < 1.29 is 9.13 Å². The number of nitrogens with two attached hydrogens (primary N) is 1. The lowest BCUT2D eigenvalue weighted by atomic mass is 9.98. The number of halogens is 1. The highest BCUT2D eigenvalue weighted by Crippen LogP contribution is 2.27. The molecule has 2 heterocycles. The maximum atomic E-state index is 14.0. The fourth-order valence-electron chi connectivity index (χ4n) is 3.10. The maximum absolute atomic E-state index is 14.0. The van der Waals surface area contributed by atoms with E-state index in [-0.39, 0.29) is 5.82 Å². The van der Waals surface area contributed by atoms with Crippen LogP contribution in [0.2, 0.25) is 0 Å². The molecule has 3 N–H and O–H groups in total. The molecule has 0 unspecified atom stereocenters. The van der Waals surface area contributed by atoms with Gasteiger partial charge in [-0.15, -0.1) is 0 Å². The van der Waals surface area contributed by atoms with Crippen LogP contribution in [-0.4, -0.2) is 41.3 Å². The van der Waals surface area contributed by atoms with Gasteiger partial charge in [-0.2, -0.15) is 5.10 Å². The van der Waals surface area contributed by atoms with E-state index in [0.717, 1.165) is 25.9 Å². The number of likely N-dealkylation sites (tertiary alicyclic amines) is 1. The number of piperidine rings is 1. The summed E-state index contributed by atoms with van der Waals surface area (Å²) in [7, 11) is 0. The number of nitrogens with zero attached hydrogens (tertiary/aromatic N) is 2. The van der Waals surface area contributed by atoms with E-state index in [1.165, 1.54) is 19.0 Å². The minimum atomic E-state index is -0.392. The van der Waals surface area contributed by atoms with Gasteiger partial charge >= 0.3 is 0 Å². The van der Waals surface area contributed by atoms with Gasteiger partial charge in [0.15, 0.2) is 5.82 Å². The van der Waals surface area contributed by atoms with Crippen molar-refractivity contribution in [3.63, 3.8) is 0 Å². The summed E-state index contributed by atoms with van der Waals surface area (Å²) >= 11 is 0. The van der Waals surface area contributed by atoms with Gasteiger partial charge in [0.05, 0.1) is 17.5 Å². The summed E-state index contributed by atoms with van der Waals surface area (Å²) < 4.78 is 19.8. The van der Waals surface area contributed by atoms with Gasteiger partial charge in [0.1, 0.15) is 11.6 Å². The third-order valence-electron chi connectivity index (χ3n) is 4.35. The number of anilines is 1. The van der Waals surface area contributed by atoms with Crippen molar-refractivity contribution in [2.24, 2.45) is 5.92 Å². The first-order chi connectivity index (χ1) is 10.7. The number of aromatic nitrogens is 2. The Bertz CT molecular complexity index is 634. The van der Waals surface area contributed by atoms with Crippen LogP contribution in [0.4, 0.5) is 10.2 Å². The van der Waals surface area contributed by atoms with Gasteiger partial charge in [-0.05, 0) is 44.8 Å². The summed E-state index contributed by atoms with van der Waals surface area (Å²) in [5.41, 5.74) is 6.20. The third kappa shape index (κ3) is 3.16. The highest BCUT2D eigenvalue weighted by molar-refractivity contribution is 5.90. The summed E-state index contributed by atoms with van der Waals surface area (Å²) in [6, 6.07) is 3.15. The number of nitrogen functional groups attached to an aromatic ring is 1. The molecule has 1 aromatic carbocycles. The lowest BCUT2D eigenvalue weighted by molar-refractivity contribution is 0.141. The number of H-pyrrole nitrogens is 1. The zero-order valence-electron chi connectivity index (χ0n) is 12.9. The molecule has 0 spiro atoms. The van der Waals surface area contributed by atoms with Crippen LogP contribution in [0.1, 0.15) is 26.2 Å². The molecule has 0 radical (unpaired) electrons. The topological polar surface area (TPSA) is 67.2 Å². The van der Waals surface area contributed by atoms with Gasteiger partial charge in [0, 0.05) is 12.1 Å². The Kier molecular flexibility index (Phi) is 4.47. The van der Waals surface area contributed by atoms with Crippen molar-refractivity contribution in [1.29, 1.82) is 0 Å². The average molecular weight is 306 g/mol. The molecule has 5 nitrogen and oxygen atoms in total.